The molecule has 0 fully saturated rings. The highest BCUT2D eigenvalue weighted by Gasteiger charge is 2.17. The molecule has 1 heterocycles. The summed E-state index contributed by atoms with van der Waals surface area (Å²) in [6.07, 6.45) is 4.47. The van der Waals surface area contributed by atoms with E-state index in [2.05, 4.69) is 17.2 Å². The second-order valence-corrected chi connectivity index (χ2v) is 3.46. The summed E-state index contributed by atoms with van der Waals surface area (Å²) in [5.74, 6) is 0. The van der Waals surface area contributed by atoms with Crippen LogP contribution in [0.3, 0.4) is 0 Å². The van der Waals surface area contributed by atoms with Crippen molar-refractivity contribution < 1.29 is 4.92 Å². The van der Waals surface area contributed by atoms with Crippen LogP contribution in [0.4, 0.5) is 11.4 Å². The molecule has 6 nitrogen and oxygen atoms in total. The molecule has 1 aromatic rings. The van der Waals surface area contributed by atoms with Crippen molar-refractivity contribution in [2.24, 2.45) is 0 Å². The maximum Gasteiger partial charge on any atom is 0.356 e. The number of rotatable bonds is 6. The first-order valence-electron chi connectivity index (χ1n) is 5.26. The van der Waals surface area contributed by atoms with Crippen molar-refractivity contribution in [3.63, 3.8) is 0 Å². The van der Waals surface area contributed by atoms with Gasteiger partial charge in [0.05, 0.1) is 4.92 Å². The van der Waals surface area contributed by atoms with Gasteiger partial charge in [0.2, 0.25) is 0 Å². The number of hydrogen-bond acceptors (Lipinski definition) is 4. The number of aromatic amines is 1. The van der Waals surface area contributed by atoms with Crippen molar-refractivity contribution in [3.8, 4) is 0 Å². The van der Waals surface area contributed by atoms with Crippen molar-refractivity contribution in [2.75, 3.05) is 11.9 Å². The molecule has 6 heteroatoms. The van der Waals surface area contributed by atoms with E-state index in [1.807, 2.05) is 0 Å². The van der Waals surface area contributed by atoms with E-state index in [1.54, 1.807) is 0 Å². The van der Waals surface area contributed by atoms with Crippen LogP contribution in [0.15, 0.2) is 17.1 Å². The van der Waals surface area contributed by atoms with Crippen LogP contribution in [0.25, 0.3) is 0 Å². The van der Waals surface area contributed by atoms with Gasteiger partial charge in [-0.25, -0.2) is 0 Å². The summed E-state index contributed by atoms with van der Waals surface area (Å²) in [6.45, 7) is 2.72. The Bertz CT molecular complexity index is 414. The predicted molar refractivity (Wildman–Crippen MR) is 61.7 cm³/mol. The molecule has 0 saturated carbocycles. The summed E-state index contributed by atoms with van der Waals surface area (Å²) in [6, 6.07) is 1.51. The largest absolute Gasteiger partial charge is 0.379 e. The molecule has 2 N–H and O–H groups in total. The summed E-state index contributed by atoms with van der Waals surface area (Å²) in [4.78, 5) is 23.5. The number of unbranched alkanes of at least 4 members (excludes halogenated alkanes) is 2. The van der Waals surface area contributed by atoms with E-state index < -0.39 is 16.2 Å². The molecule has 88 valence electrons. The van der Waals surface area contributed by atoms with Crippen LogP contribution in [-0.2, 0) is 0 Å². The predicted octanol–water partition coefficient (Wildman–Crippen LogP) is 1.89. The van der Waals surface area contributed by atoms with Gasteiger partial charge >= 0.3 is 11.2 Å². The van der Waals surface area contributed by atoms with Crippen LogP contribution >= 0.6 is 0 Å². The second-order valence-electron chi connectivity index (χ2n) is 3.46. The van der Waals surface area contributed by atoms with E-state index in [9.17, 15) is 14.9 Å². The summed E-state index contributed by atoms with van der Waals surface area (Å²) >= 11 is 0. The Morgan fingerprint density at radius 1 is 1.50 bits per heavy atom. The van der Waals surface area contributed by atoms with Crippen molar-refractivity contribution in [1.29, 1.82) is 0 Å². The van der Waals surface area contributed by atoms with E-state index in [4.69, 9.17) is 0 Å². The molecule has 0 atom stereocenters. The van der Waals surface area contributed by atoms with Crippen molar-refractivity contribution in [1.82, 2.24) is 4.98 Å². The molecule has 0 spiro atoms. The van der Waals surface area contributed by atoms with Gasteiger partial charge in [-0.3, -0.25) is 14.9 Å². The first-order valence-corrected chi connectivity index (χ1v) is 5.26. The number of nitro groups is 1. The van der Waals surface area contributed by atoms with Crippen LogP contribution in [0, 0.1) is 10.1 Å². The Balaban J connectivity index is 2.75. The zero-order chi connectivity index (χ0) is 12.0. The van der Waals surface area contributed by atoms with Crippen molar-refractivity contribution in [2.45, 2.75) is 26.2 Å². The lowest BCUT2D eigenvalue weighted by Crippen LogP contribution is -2.14. The van der Waals surface area contributed by atoms with E-state index in [1.165, 1.54) is 12.3 Å². The highest BCUT2D eigenvalue weighted by Crippen LogP contribution is 2.17. The fourth-order valence-electron chi connectivity index (χ4n) is 1.39. The van der Waals surface area contributed by atoms with Crippen LogP contribution in [-0.4, -0.2) is 16.5 Å². The van der Waals surface area contributed by atoms with Gasteiger partial charge < -0.3 is 10.3 Å². The van der Waals surface area contributed by atoms with Gasteiger partial charge in [-0.15, -0.1) is 0 Å². The Labute approximate surface area is 92.8 Å². The van der Waals surface area contributed by atoms with E-state index in [-0.39, 0.29) is 5.69 Å². The fourth-order valence-corrected chi connectivity index (χ4v) is 1.39. The minimum atomic E-state index is -0.675. The standard InChI is InChI=1S/C10H15N3O3/c1-2-3-4-6-11-8-5-7-12-10(14)9(8)13(15)16/h5,7H,2-4,6H2,1H3,(H2,11,12,14). The normalized spacial score (nSPS) is 10.1. The van der Waals surface area contributed by atoms with Crippen LogP contribution < -0.4 is 10.9 Å². The van der Waals surface area contributed by atoms with Gasteiger partial charge in [0.1, 0.15) is 5.69 Å². The number of nitrogens with zero attached hydrogens (tertiary/aromatic N) is 1. The molecule has 0 unspecified atom stereocenters. The molecular formula is C10H15N3O3. The maximum absolute atomic E-state index is 11.2. The van der Waals surface area contributed by atoms with E-state index in [0.29, 0.717) is 6.54 Å². The van der Waals surface area contributed by atoms with Crippen molar-refractivity contribution in [3.05, 3.63) is 32.7 Å². The SMILES string of the molecule is CCCCCNc1cc[nH]c(=O)c1[N+](=O)[O-]. The smallest absolute Gasteiger partial charge is 0.356 e. The van der Waals surface area contributed by atoms with Crippen molar-refractivity contribution >= 4 is 11.4 Å². The molecule has 0 radical (unpaired) electrons. The summed E-state index contributed by atoms with van der Waals surface area (Å²) < 4.78 is 0. The monoisotopic (exact) mass is 225 g/mol. The molecule has 0 aliphatic carbocycles. The van der Waals surface area contributed by atoms with Gasteiger partial charge in [0, 0.05) is 12.7 Å². The molecule has 0 saturated heterocycles. The van der Waals surface area contributed by atoms with Crippen LogP contribution in [0.5, 0.6) is 0 Å². The summed E-state index contributed by atoms with van der Waals surface area (Å²) in [5.41, 5.74) is -0.811. The lowest BCUT2D eigenvalue weighted by Gasteiger charge is -2.05. The highest BCUT2D eigenvalue weighted by atomic mass is 16.6. The zero-order valence-electron chi connectivity index (χ0n) is 9.16. The topological polar surface area (TPSA) is 88.0 Å². The molecule has 0 aliphatic heterocycles. The highest BCUT2D eigenvalue weighted by molar-refractivity contribution is 5.59. The molecule has 0 aromatic carbocycles. The molecule has 1 rings (SSSR count). The minimum absolute atomic E-state index is 0.282. The van der Waals surface area contributed by atoms with Gasteiger partial charge in [0.25, 0.3) is 0 Å². The van der Waals surface area contributed by atoms with Gasteiger partial charge in [-0.1, -0.05) is 19.8 Å². The number of pyridine rings is 1. The molecule has 16 heavy (non-hydrogen) atoms. The average molecular weight is 225 g/mol. The van der Waals surface area contributed by atoms with Gasteiger partial charge in [0.15, 0.2) is 0 Å². The number of hydrogen-bond donors (Lipinski definition) is 2. The summed E-state index contributed by atoms with van der Waals surface area (Å²) in [5, 5.41) is 13.6. The van der Waals surface area contributed by atoms with Crippen LogP contribution in [0.1, 0.15) is 26.2 Å². The third kappa shape index (κ3) is 3.08. The zero-order valence-corrected chi connectivity index (χ0v) is 9.16. The maximum atomic E-state index is 11.2. The summed E-state index contributed by atoms with van der Waals surface area (Å²) in [7, 11) is 0. The number of H-pyrrole nitrogens is 1. The molecule has 0 aliphatic rings. The van der Waals surface area contributed by atoms with Gasteiger partial charge in [-0.05, 0) is 12.5 Å². The lowest BCUT2D eigenvalue weighted by molar-refractivity contribution is -0.385. The first-order chi connectivity index (χ1) is 7.66. The van der Waals surface area contributed by atoms with Gasteiger partial charge in [-0.2, -0.15) is 0 Å². The number of anilines is 1. The Morgan fingerprint density at radius 3 is 2.88 bits per heavy atom. The van der Waals surface area contributed by atoms with E-state index >= 15 is 0 Å². The molecule has 0 bridgehead atoms. The fraction of sp³-hybridized carbons (Fsp3) is 0.500. The second kappa shape index (κ2) is 5.89. The minimum Gasteiger partial charge on any atom is -0.379 e. The third-order valence-corrected chi connectivity index (χ3v) is 2.21. The quantitative estimate of drug-likeness (QED) is 0.439. The molecular weight excluding hydrogens is 210 g/mol. The molecule has 0 amide bonds. The Kier molecular flexibility index (Phi) is 4.50. The third-order valence-electron chi connectivity index (χ3n) is 2.21. The van der Waals surface area contributed by atoms with E-state index in [0.717, 1.165) is 19.3 Å². The number of aromatic nitrogens is 1. The average Bonchev–Trinajstić information content (AvgIpc) is 2.24. The first kappa shape index (κ1) is 12.2. The lowest BCUT2D eigenvalue weighted by atomic mass is 10.2. The molecule has 1 aromatic heterocycles. The Morgan fingerprint density at radius 2 is 2.25 bits per heavy atom. The van der Waals surface area contributed by atoms with Crippen LogP contribution in [0.2, 0.25) is 0 Å². The number of nitrogens with one attached hydrogen (secondary N) is 2. The Hall–Kier alpha value is -1.85.